The SMILES string of the molecule is CC/C=C\C/C=C\C/C=C\C/C=C\C/C=C\CCCC(=O)OCC(COP(=O)(O)OCC(O)COP(=O)(O)OCC(COC(=O)CCCCCCCC/C=C\C/C=C\C/C=C\CCCCC)OC(=O)CCCCCCC/C=C\C/C=C\CCCCC)OC(=O)C/C=C\C/C=C\C/C=C\C/C=C\C/C=C\CC. The van der Waals surface area contributed by atoms with Crippen molar-refractivity contribution >= 4 is 39.5 Å². The smallest absolute Gasteiger partial charge is 0.462 e. The highest BCUT2D eigenvalue weighted by Gasteiger charge is 2.30. The van der Waals surface area contributed by atoms with E-state index in [0.29, 0.717) is 32.1 Å². The molecule has 5 unspecified atom stereocenters. The Morgan fingerprint density at radius 2 is 0.538 bits per heavy atom. The Bertz CT molecular complexity index is 2730. The minimum absolute atomic E-state index is 0.0562. The Hall–Kier alpha value is -5.84. The average Bonchev–Trinajstić information content (AvgIpc) is 0.928. The lowest BCUT2D eigenvalue weighted by Gasteiger charge is -2.21. The van der Waals surface area contributed by atoms with Gasteiger partial charge in [0.15, 0.2) is 12.2 Å². The first-order valence-electron chi connectivity index (χ1n) is 40.0. The highest BCUT2D eigenvalue weighted by molar-refractivity contribution is 7.47. The molecule has 0 aromatic carbocycles. The number of phosphoric ester groups is 2. The summed E-state index contributed by atoms with van der Waals surface area (Å²) in [6.45, 7) is 4.36. The van der Waals surface area contributed by atoms with Gasteiger partial charge in [0, 0.05) is 19.3 Å². The van der Waals surface area contributed by atoms with Crippen LogP contribution in [0.1, 0.15) is 285 Å². The predicted octanol–water partition coefficient (Wildman–Crippen LogP) is 23.6. The number of rotatable bonds is 73. The second-order valence-corrected chi connectivity index (χ2v) is 28.8. The van der Waals surface area contributed by atoms with E-state index in [1.807, 2.05) is 24.3 Å². The quantitative estimate of drug-likeness (QED) is 0.0169. The number of phosphoric acid groups is 2. The molecule has 0 aromatic rings. The van der Waals surface area contributed by atoms with Crippen LogP contribution >= 0.6 is 15.6 Å². The molecule has 0 spiro atoms. The molecule has 5 atom stereocenters. The van der Waals surface area contributed by atoms with E-state index < -0.39 is 97.5 Å². The maximum atomic E-state index is 13.1. The third kappa shape index (κ3) is 76.4. The third-order valence-corrected chi connectivity index (χ3v) is 17.8. The van der Waals surface area contributed by atoms with Crippen LogP contribution in [0.25, 0.3) is 0 Å². The Labute approximate surface area is 641 Å². The zero-order valence-corrected chi connectivity index (χ0v) is 67.3. The summed E-state index contributed by atoms with van der Waals surface area (Å²) in [6, 6.07) is 0. The van der Waals surface area contributed by atoms with Gasteiger partial charge >= 0.3 is 39.5 Å². The van der Waals surface area contributed by atoms with E-state index in [2.05, 4.69) is 174 Å². The van der Waals surface area contributed by atoms with Crippen molar-refractivity contribution in [1.82, 2.24) is 0 Å². The monoisotopic (exact) mass is 1520 g/mol. The van der Waals surface area contributed by atoms with Crippen LogP contribution in [0.5, 0.6) is 0 Å². The molecule has 0 fully saturated rings. The number of carbonyl (C=O) groups excluding carboxylic acids is 4. The Morgan fingerprint density at radius 1 is 0.283 bits per heavy atom. The van der Waals surface area contributed by atoms with Gasteiger partial charge in [-0.15, -0.1) is 0 Å². The van der Waals surface area contributed by atoms with Gasteiger partial charge in [-0.2, -0.15) is 0 Å². The molecule has 0 rings (SSSR count). The highest BCUT2D eigenvalue weighted by Crippen LogP contribution is 2.45. The van der Waals surface area contributed by atoms with E-state index in [1.165, 1.54) is 38.5 Å². The molecule has 0 aliphatic rings. The lowest BCUT2D eigenvalue weighted by molar-refractivity contribution is -0.161. The lowest BCUT2D eigenvalue weighted by atomic mass is 10.1. The van der Waals surface area contributed by atoms with E-state index in [0.717, 1.165) is 161 Å². The summed E-state index contributed by atoms with van der Waals surface area (Å²) >= 11 is 0. The molecule has 0 aliphatic carbocycles. The molecule has 17 nitrogen and oxygen atoms in total. The van der Waals surface area contributed by atoms with Crippen LogP contribution < -0.4 is 0 Å². The minimum Gasteiger partial charge on any atom is -0.462 e. The zero-order chi connectivity index (χ0) is 77.4. The van der Waals surface area contributed by atoms with Gasteiger partial charge in [0.25, 0.3) is 0 Å². The number of aliphatic hydroxyl groups excluding tert-OH is 1. The van der Waals surface area contributed by atoms with Crippen LogP contribution in [0.15, 0.2) is 182 Å². The van der Waals surface area contributed by atoms with Crippen LogP contribution in [-0.2, 0) is 65.4 Å². The van der Waals surface area contributed by atoms with Crippen LogP contribution in [0, 0.1) is 0 Å². The van der Waals surface area contributed by atoms with E-state index in [-0.39, 0.29) is 25.7 Å². The van der Waals surface area contributed by atoms with Gasteiger partial charge in [-0.3, -0.25) is 37.3 Å². The molecule has 19 heteroatoms. The van der Waals surface area contributed by atoms with Gasteiger partial charge in [-0.1, -0.05) is 281 Å². The fourth-order valence-electron chi connectivity index (χ4n) is 9.84. The zero-order valence-electron chi connectivity index (χ0n) is 65.5. The van der Waals surface area contributed by atoms with Crippen molar-refractivity contribution in [2.45, 2.75) is 303 Å². The summed E-state index contributed by atoms with van der Waals surface area (Å²) in [5.74, 6) is -2.44. The second kappa shape index (κ2) is 77.3. The normalized spacial score (nSPS) is 14.8. The molecule has 3 N–H and O–H groups in total. The summed E-state index contributed by atoms with van der Waals surface area (Å²) in [5, 5.41) is 10.6. The van der Waals surface area contributed by atoms with E-state index >= 15 is 0 Å². The summed E-state index contributed by atoms with van der Waals surface area (Å²) in [4.78, 5) is 73.0. The molecule has 0 aliphatic heterocycles. The van der Waals surface area contributed by atoms with Crippen LogP contribution in [-0.4, -0.2) is 96.7 Å². The second-order valence-electron chi connectivity index (χ2n) is 25.9. The first-order valence-corrected chi connectivity index (χ1v) is 43.0. The summed E-state index contributed by atoms with van der Waals surface area (Å²) in [7, 11) is -10.0. The summed E-state index contributed by atoms with van der Waals surface area (Å²) in [5.41, 5.74) is 0. The van der Waals surface area contributed by atoms with Crippen molar-refractivity contribution in [2.75, 3.05) is 39.6 Å². The Kier molecular flexibility index (Phi) is 73.1. The predicted molar refractivity (Wildman–Crippen MR) is 436 cm³/mol. The molecule has 0 amide bonds. The molecule has 0 heterocycles. The van der Waals surface area contributed by atoms with Crippen LogP contribution in [0.2, 0.25) is 0 Å². The number of hydrogen-bond acceptors (Lipinski definition) is 15. The average molecular weight is 1520 g/mol. The fraction of sp³-hybridized carbons (Fsp3) is 0.609. The number of carbonyl (C=O) groups is 4. The van der Waals surface area contributed by atoms with Crippen LogP contribution in [0.4, 0.5) is 0 Å². The Morgan fingerprint density at radius 3 is 0.877 bits per heavy atom. The maximum Gasteiger partial charge on any atom is 0.472 e. The van der Waals surface area contributed by atoms with Gasteiger partial charge in [-0.05, 0) is 161 Å². The highest BCUT2D eigenvalue weighted by atomic mass is 31.2. The van der Waals surface area contributed by atoms with Crippen molar-refractivity contribution in [2.24, 2.45) is 0 Å². The first kappa shape index (κ1) is 100. The topological polar surface area (TPSA) is 237 Å². The summed E-state index contributed by atoms with van der Waals surface area (Å²) < 4.78 is 68.4. The number of unbranched alkanes of at least 4 members (excludes halogenated alkanes) is 18. The van der Waals surface area contributed by atoms with Crippen molar-refractivity contribution in [3.63, 3.8) is 0 Å². The van der Waals surface area contributed by atoms with Gasteiger partial charge in [0.05, 0.1) is 32.8 Å². The van der Waals surface area contributed by atoms with Crippen molar-refractivity contribution < 1.29 is 80.2 Å². The van der Waals surface area contributed by atoms with Crippen molar-refractivity contribution in [1.29, 1.82) is 0 Å². The van der Waals surface area contributed by atoms with Gasteiger partial charge < -0.3 is 33.8 Å². The maximum absolute atomic E-state index is 13.1. The third-order valence-electron chi connectivity index (χ3n) is 15.9. The van der Waals surface area contributed by atoms with Gasteiger partial charge in [-0.25, -0.2) is 9.13 Å². The van der Waals surface area contributed by atoms with Crippen molar-refractivity contribution in [3.05, 3.63) is 182 Å². The number of allylic oxidation sites excluding steroid dienone is 29. The standard InChI is InChI=1S/C87H140O17P2/c1-5-9-13-17-21-25-29-33-37-39-40-42-46-48-52-56-60-64-68-72-85(90)98-78-83(104-87(92)74-70-66-62-58-54-50-44-36-32-28-24-20-16-12-8-4)80-102-106(95,96)100-76-81(88)75-99-105(93,94)101-79-82(103-86(91)73-69-65-61-57-53-49-43-35-31-27-23-19-15-11-7-3)77-97-84(89)71-67-63-59-55-51-47-45-41-38-34-30-26-22-18-14-10-6-2/h10-11,14-15,21-28,33-38,40,42-45,47,53,55,57,59,65,69,81-83,88H,5-9,12-13,16-20,29-32,39,41,46,48-52,54,56,58,60-64,66-68,70-80H2,1-4H3,(H,93,94)(H,95,96)/b14-10-,15-11-,25-21-,26-22-,27-23-,28-24-,37-33-,38-34-,42-40-,43-35-,44-36-,47-45-,57-53-,59-55-,69-65-. The molecular formula is C87H140O17P2. The molecule has 0 saturated carbocycles. The van der Waals surface area contributed by atoms with Gasteiger partial charge in [0.1, 0.15) is 19.3 Å². The van der Waals surface area contributed by atoms with E-state index in [1.54, 1.807) is 12.2 Å². The fourth-order valence-corrected chi connectivity index (χ4v) is 11.4. The number of aliphatic hydroxyl groups is 1. The summed E-state index contributed by atoms with van der Waals surface area (Å²) in [6.07, 6.45) is 93.4. The lowest BCUT2D eigenvalue weighted by Crippen LogP contribution is -2.30. The molecule has 0 aromatic heterocycles. The molecule has 0 saturated heterocycles. The molecular weight excluding hydrogens is 1380 g/mol. The number of hydrogen-bond donors (Lipinski definition) is 3. The first-order chi connectivity index (χ1) is 51.7. The van der Waals surface area contributed by atoms with Gasteiger partial charge in [0.2, 0.25) is 0 Å². The van der Waals surface area contributed by atoms with Crippen molar-refractivity contribution in [3.8, 4) is 0 Å². The molecule has 0 radical (unpaired) electrons. The van der Waals surface area contributed by atoms with E-state index in [4.69, 9.17) is 37.0 Å². The van der Waals surface area contributed by atoms with Crippen LogP contribution in [0.3, 0.4) is 0 Å². The largest absolute Gasteiger partial charge is 0.472 e. The number of esters is 4. The molecule has 106 heavy (non-hydrogen) atoms. The molecule has 0 bridgehead atoms. The molecule has 600 valence electrons. The Balaban J connectivity index is 5.51. The number of ether oxygens (including phenoxy) is 4. The minimum atomic E-state index is -5.02. The van der Waals surface area contributed by atoms with E-state index in [9.17, 15) is 43.2 Å².